The van der Waals surface area contributed by atoms with Gasteiger partial charge in [-0.15, -0.1) is 0 Å². The van der Waals surface area contributed by atoms with Crippen molar-refractivity contribution in [2.45, 2.75) is 19.8 Å². The molecule has 0 amide bonds. The third-order valence-corrected chi connectivity index (χ3v) is 3.80. The van der Waals surface area contributed by atoms with Crippen LogP contribution < -0.4 is 5.63 Å². The van der Waals surface area contributed by atoms with Crippen LogP contribution in [0.25, 0.3) is 22.5 Å². The van der Waals surface area contributed by atoms with E-state index in [9.17, 15) is 14.9 Å². The SMILES string of the molecule is CC(C)c1ccc(-c2ccc([N+](=O)[O-])cc2)c2oc(=O)cc-2c1. The van der Waals surface area contributed by atoms with Gasteiger partial charge in [-0.1, -0.05) is 26.0 Å². The van der Waals surface area contributed by atoms with Crippen LogP contribution in [0, 0.1) is 10.1 Å². The van der Waals surface area contributed by atoms with Crippen LogP contribution in [0.1, 0.15) is 25.3 Å². The van der Waals surface area contributed by atoms with Crippen LogP contribution in [0.4, 0.5) is 5.69 Å². The molecule has 0 N–H and O–H groups in total. The van der Waals surface area contributed by atoms with E-state index in [2.05, 4.69) is 13.8 Å². The highest BCUT2D eigenvalue weighted by Gasteiger charge is 2.16. The molecule has 23 heavy (non-hydrogen) atoms. The Morgan fingerprint density at radius 3 is 2.30 bits per heavy atom. The smallest absolute Gasteiger partial charge is 0.336 e. The van der Waals surface area contributed by atoms with Crippen molar-refractivity contribution in [3.8, 4) is 22.5 Å². The predicted octanol–water partition coefficient (Wildman–Crippen LogP) is 4.44. The van der Waals surface area contributed by atoms with Gasteiger partial charge < -0.3 is 4.42 Å². The maximum absolute atomic E-state index is 11.6. The van der Waals surface area contributed by atoms with Crippen LogP contribution >= 0.6 is 0 Å². The molecule has 0 fully saturated rings. The van der Waals surface area contributed by atoms with E-state index in [0.29, 0.717) is 11.7 Å². The van der Waals surface area contributed by atoms with E-state index in [4.69, 9.17) is 4.42 Å². The zero-order chi connectivity index (χ0) is 16.6. The average molecular weight is 309 g/mol. The van der Waals surface area contributed by atoms with Crippen molar-refractivity contribution in [1.29, 1.82) is 0 Å². The lowest BCUT2D eigenvalue weighted by Gasteiger charge is -2.02. The number of nitro groups is 1. The summed E-state index contributed by atoms with van der Waals surface area (Å²) >= 11 is 0. The highest BCUT2D eigenvalue weighted by atomic mass is 16.6. The minimum atomic E-state index is -0.441. The average Bonchev–Trinajstić information content (AvgIpc) is 2.77. The maximum Gasteiger partial charge on any atom is 0.336 e. The minimum absolute atomic E-state index is 0.0251. The molecule has 0 unspecified atom stereocenters. The van der Waals surface area contributed by atoms with Crippen LogP contribution in [-0.4, -0.2) is 4.92 Å². The first-order valence-corrected chi connectivity index (χ1v) is 7.28. The quantitative estimate of drug-likeness (QED) is 0.529. The van der Waals surface area contributed by atoms with Gasteiger partial charge in [0.25, 0.3) is 5.69 Å². The zero-order valence-corrected chi connectivity index (χ0v) is 12.8. The summed E-state index contributed by atoms with van der Waals surface area (Å²) in [7, 11) is 0. The molecule has 3 rings (SSSR count). The Labute approximate surface area is 132 Å². The summed E-state index contributed by atoms with van der Waals surface area (Å²) in [6, 6.07) is 13.5. The second kappa shape index (κ2) is 5.68. The molecular weight excluding hydrogens is 294 g/mol. The molecule has 116 valence electrons. The third kappa shape index (κ3) is 2.85. The number of fused-ring (bicyclic) bond motifs is 1. The van der Waals surface area contributed by atoms with Crippen LogP contribution in [0.5, 0.6) is 0 Å². The summed E-state index contributed by atoms with van der Waals surface area (Å²) in [5.41, 5.74) is 2.95. The second-order valence-electron chi connectivity index (χ2n) is 5.70. The largest absolute Gasteiger partial charge is 0.422 e. The highest BCUT2D eigenvalue weighted by molar-refractivity contribution is 5.80. The van der Waals surface area contributed by atoms with Crippen molar-refractivity contribution in [1.82, 2.24) is 0 Å². The van der Waals surface area contributed by atoms with Gasteiger partial charge in [0.15, 0.2) is 0 Å². The summed E-state index contributed by atoms with van der Waals surface area (Å²) in [6.45, 7) is 4.15. The van der Waals surface area contributed by atoms with Gasteiger partial charge in [0, 0.05) is 29.3 Å². The fourth-order valence-electron chi connectivity index (χ4n) is 2.53. The van der Waals surface area contributed by atoms with E-state index in [0.717, 1.165) is 22.3 Å². The lowest BCUT2D eigenvalue weighted by Crippen LogP contribution is -1.87. The summed E-state index contributed by atoms with van der Waals surface area (Å²) in [5, 5.41) is 10.8. The van der Waals surface area contributed by atoms with Gasteiger partial charge in [-0.25, -0.2) is 4.79 Å². The summed E-state index contributed by atoms with van der Waals surface area (Å²) < 4.78 is 5.34. The first kappa shape index (κ1) is 15.0. The molecule has 0 saturated heterocycles. The first-order valence-electron chi connectivity index (χ1n) is 7.28. The standard InChI is InChI=1S/C18H15NO4/c1-11(2)13-5-8-16(18-14(9-13)10-17(20)23-18)12-3-6-15(7-4-12)19(21)22/h3-11H,1-2H3. The van der Waals surface area contributed by atoms with Crippen molar-refractivity contribution in [3.63, 3.8) is 0 Å². The number of nitro benzene ring substituents is 1. The van der Waals surface area contributed by atoms with E-state index < -0.39 is 10.5 Å². The monoisotopic (exact) mass is 309 g/mol. The number of furan rings is 1. The maximum atomic E-state index is 11.6. The van der Waals surface area contributed by atoms with Crippen LogP contribution in [0.2, 0.25) is 0 Å². The Morgan fingerprint density at radius 2 is 1.70 bits per heavy atom. The van der Waals surface area contributed by atoms with Crippen LogP contribution in [-0.2, 0) is 0 Å². The number of hydrogen-bond acceptors (Lipinski definition) is 4. The molecule has 5 nitrogen and oxygen atoms in total. The van der Waals surface area contributed by atoms with Crippen LogP contribution in [0.15, 0.2) is 57.7 Å². The number of benzene rings is 1. The van der Waals surface area contributed by atoms with Gasteiger partial charge in [0.05, 0.1) is 4.92 Å². The van der Waals surface area contributed by atoms with Crippen molar-refractivity contribution in [2.24, 2.45) is 0 Å². The minimum Gasteiger partial charge on any atom is -0.422 e. The highest BCUT2D eigenvalue weighted by Crippen LogP contribution is 2.34. The zero-order valence-electron chi connectivity index (χ0n) is 12.8. The number of nitrogens with zero attached hydrogens (tertiary/aromatic N) is 1. The fourth-order valence-corrected chi connectivity index (χ4v) is 2.53. The lowest BCUT2D eigenvalue weighted by atomic mass is 10.0. The lowest BCUT2D eigenvalue weighted by molar-refractivity contribution is -0.384. The van der Waals surface area contributed by atoms with Gasteiger partial charge in [0.2, 0.25) is 0 Å². The van der Waals surface area contributed by atoms with E-state index in [-0.39, 0.29) is 5.69 Å². The Balaban J connectivity index is 2.21. The molecule has 0 radical (unpaired) electrons. The molecule has 0 saturated carbocycles. The molecule has 1 aliphatic carbocycles. The molecule has 0 spiro atoms. The molecule has 1 aromatic carbocycles. The molecule has 0 bridgehead atoms. The van der Waals surface area contributed by atoms with Crippen molar-refractivity contribution < 1.29 is 9.34 Å². The Kier molecular flexibility index (Phi) is 3.70. The first-order chi connectivity index (χ1) is 11.0. The fraction of sp³-hybridized carbons (Fsp3) is 0.167. The molecule has 2 aliphatic rings. The van der Waals surface area contributed by atoms with Gasteiger partial charge in [-0.05, 0) is 35.2 Å². The topological polar surface area (TPSA) is 73.3 Å². The van der Waals surface area contributed by atoms with E-state index in [1.54, 1.807) is 12.1 Å². The Morgan fingerprint density at radius 1 is 1.00 bits per heavy atom. The molecular formula is C18H15NO4. The third-order valence-electron chi connectivity index (χ3n) is 3.80. The van der Waals surface area contributed by atoms with Gasteiger partial charge in [-0.2, -0.15) is 0 Å². The normalized spacial score (nSPS) is 11.1. The molecule has 1 aliphatic heterocycles. The van der Waals surface area contributed by atoms with E-state index in [1.165, 1.54) is 18.2 Å². The summed E-state index contributed by atoms with van der Waals surface area (Å²) in [5.74, 6) is 0.802. The van der Waals surface area contributed by atoms with E-state index in [1.807, 2.05) is 18.2 Å². The van der Waals surface area contributed by atoms with Gasteiger partial charge in [0.1, 0.15) is 5.76 Å². The summed E-state index contributed by atoms with van der Waals surface area (Å²) in [4.78, 5) is 22.0. The number of non-ortho nitro benzene ring substituents is 1. The number of hydrogen-bond donors (Lipinski definition) is 0. The van der Waals surface area contributed by atoms with Crippen molar-refractivity contribution >= 4 is 5.69 Å². The Hall–Kier alpha value is -2.95. The summed E-state index contributed by atoms with van der Waals surface area (Å²) in [6.07, 6.45) is 0. The van der Waals surface area contributed by atoms with Gasteiger partial charge >= 0.3 is 5.63 Å². The number of rotatable bonds is 3. The second-order valence-corrected chi connectivity index (χ2v) is 5.70. The van der Waals surface area contributed by atoms with Crippen molar-refractivity contribution in [2.75, 3.05) is 0 Å². The van der Waals surface area contributed by atoms with Crippen molar-refractivity contribution in [3.05, 3.63) is 74.6 Å². The molecule has 0 aromatic heterocycles. The molecule has 1 aromatic rings. The van der Waals surface area contributed by atoms with Crippen LogP contribution in [0.3, 0.4) is 0 Å². The van der Waals surface area contributed by atoms with E-state index >= 15 is 0 Å². The molecule has 0 atom stereocenters. The predicted molar refractivity (Wildman–Crippen MR) is 87.8 cm³/mol. The Bertz CT molecular complexity index is 894. The molecule has 5 heteroatoms. The molecule has 1 heterocycles. The van der Waals surface area contributed by atoms with Gasteiger partial charge in [-0.3, -0.25) is 10.1 Å².